The van der Waals surface area contributed by atoms with E-state index in [0.29, 0.717) is 13.2 Å². The molecule has 0 spiro atoms. The first kappa shape index (κ1) is 25.0. The molecule has 2 aromatic rings. The monoisotopic (exact) mass is 513 g/mol. The van der Waals surface area contributed by atoms with Crippen LogP contribution in [0.3, 0.4) is 0 Å². The summed E-state index contributed by atoms with van der Waals surface area (Å²) in [5, 5.41) is 6.65. The lowest BCUT2D eigenvalue weighted by Crippen LogP contribution is -2.31. The van der Waals surface area contributed by atoms with Gasteiger partial charge in [-0.3, -0.25) is 4.99 Å². The second-order valence-corrected chi connectivity index (χ2v) is 6.30. The molecule has 2 rings (SSSR count). The molecule has 2 aromatic carbocycles. The first-order valence-corrected chi connectivity index (χ1v) is 9.57. The molecule has 160 valence electrons. The first-order chi connectivity index (χ1) is 13.7. The zero-order chi connectivity index (χ0) is 20.0. The standard InChI is InChI=1S/C22H31N3O3.HI/c1-23-22(24-13-6-9-18-8-4-11-20(16-18)27-3)25-19-10-5-12-21(17-19)28-15-7-14-26-2;/h4-5,8,10-12,16-17H,6-7,9,13-15H2,1-3H3,(H2,23,24,25);1H. The largest absolute Gasteiger partial charge is 0.497 e. The molecule has 0 amide bonds. The van der Waals surface area contributed by atoms with Crippen molar-refractivity contribution in [3.05, 3.63) is 54.1 Å². The highest BCUT2D eigenvalue weighted by Crippen LogP contribution is 2.17. The van der Waals surface area contributed by atoms with Gasteiger partial charge in [0.25, 0.3) is 0 Å². The van der Waals surface area contributed by atoms with Crippen molar-refractivity contribution in [3.8, 4) is 11.5 Å². The maximum Gasteiger partial charge on any atom is 0.195 e. The number of aliphatic imine (C=N–C) groups is 1. The topological polar surface area (TPSA) is 64.1 Å². The van der Waals surface area contributed by atoms with E-state index in [1.54, 1.807) is 21.3 Å². The Bertz CT molecular complexity index is 741. The van der Waals surface area contributed by atoms with Crippen LogP contribution in [0, 0.1) is 0 Å². The summed E-state index contributed by atoms with van der Waals surface area (Å²) in [5.74, 6) is 2.46. The molecule has 0 radical (unpaired) electrons. The van der Waals surface area contributed by atoms with Gasteiger partial charge in [0.05, 0.1) is 13.7 Å². The summed E-state index contributed by atoms with van der Waals surface area (Å²) in [6.45, 7) is 2.16. The van der Waals surface area contributed by atoms with Crippen molar-refractivity contribution >= 4 is 35.6 Å². The maximum absolute atomic E-state index is 5.74. The van der Waals surface area contributed by atoms with Crippen LogP contribution in [-0.2, 0) is 11.2 Å². The summed E-state index contributed by atoms with van der Waals surface area (Å²) in [6, 6.07) is 16.0. The van der Waals surface area contributed by atoms with Crippen LogP contribution < -0.4 is 20.1 Å². The molecule has 7 heteroatoms. The van der Waals surface area contributed by atoms with E-state index in [0.717, 1.165) is 49.0 Å². The van der Waals surface area contributed by atoms with Gasteiger partial charge >= 0.3 is 0 Å². The van der Waals surface area contributed by atoms with Gasteiger partial charge in [0, 0.05) is 45.5 Å². The molecule has 0 saturated carbocycles. The Hall–Kier alpha value is -2.00. The minimum atomic E-state index is 0. The lowest BCUT2D eigenvalue weighted by atomic mass is 10.1. The van der Waals surface area contributed by atoms with Crippen molar-refractivity contribution in [2.45, 2.75) is 19.3 Å². The molecule has 0 bridgehead atoms. The quantitative estimate of drug-likeness (QED) is 0.203. The fourth-order valence-corrected chi connectivity index (χ4v) is 2.70. The van der Waals surface area contributed by atoms with Gasteiger partial charge in [0.2, 0.25) is 0 Å². The number of rotatable bonds is 11. The number of methoxy groups -OCH3 is 2. The minimum Gasteiger partial charge on any atom is -0.497 e. The Balaban J connectivity index is 0.00000420. The van der Waals surface area contributed by atoms with Gasteiger partial charge < -0.3 is 24.8 Å². The molecule has 0 aliphatic heterocycles. The van der Waals surface area contributed by atoms with E-state index >= 15 is 0 Å². The molecule has 0 aliphatic carbocycles. The molecule has 0 fully saturated rings. The zero-order valence-corrected chi connectivity index (χ0v) is 19.8. The van der Waals surface area contributed by atoms with E-state index in [9.17, 15) is 0 Å². The third kappa shape index (κ3) is 9.85. The molecular formula is C22H32IN3O3. The number of halogens is 1. The highest BCUT2D eigenvalue weighted by atomic mass is 127. The highest BCUT2D eigenvalue weighted by molar-refractivity contribution is 14.0. The van der Waals surface area contributed by atoms with Crippen LogP contribution in [0.5, 0.6) is 11.5 Å². The van der Waals surface area contributed by atoms with Crippen molar-refractivity contribution in [2.24, 2.45) is 4.99 Å². The van der Waals surface area contributed by atoms with Crippen LogP contribution in [0.2, 0.25) is 0 Å². The number of hydrogen-bond donors (Lipinski definition) is 2. The van der Waals surface area contributed by atoms with E-state index in [4.69, 9.17) is 14.2 Å². The average Bonchev–Trinajstić information content (AvgIpc) is 2.74. The van der Waals surface area contributed by atoms with Crippen molar-refractivity contribution in [1.82, 2.24) is 5.32 Å². The van der Waals surface area contributed by atoms with E-state index < -0.39 is 0 Å². The summed E-state index contributed by atoms with van der Waals surface area (Å²) in [4.78, 5) is 4.29. The Kier molecular flexibility index (Phi) is 12.9. The Morgan fingerprint density at radius 1 is 0.966 bits per heavy atom. The molecule has 0 atom stereocenters. The number of hydrogen-bond acceptors (Lipinski definition) is 4. The number of guanidine groups is 1. The van der Waals surface area contributed by atoms with Gasteiger partial charge in [-0.2, -0.15) is 0 Å². The van der Waals surface area contributed by atoms with E-state index in [1.165, 1.54) is 5.56 Å². The highest BCUT2D eigenvalue weighted by Gasteiger charge is 2.02. The number of anilines is 1. The van der Waals surface area contributed by atoms with Crippen LogP contribution in [0.4, 0.5) is 5.69 Å². The molecule has 0 unspecified atom stereocenters. The van der Waals surface area contributed by atoms with Gasteiger partial charge in [-0.25, -0.2) is 0 Å². The summed E-state index contributed by atoms with van der Waals surface area (Å²) in [7, 11) is 5.15. The van der Waals surface area contributed by atoms with Gasteiger partial charge in [-0.15, -0.1) is 24.0 Å². The zero-order valence-electron chi connectivity index (χ0n) is 17.4. The van der Waals surface area contributed by atoms with Crippen LogP contribution in [0.15, 0.2) is 53.5 Å². The van der Waals surface area contributed by atoms with Crippen LogP contribution in [0.25, 0.3) is 0 Å². The predicted molar refractivity (Wildman–Crippen MR) is 130 cm³/mol. The molecule has 0 aliphatic rings. The van der Waals surface area contributed by atoms with E-state index in [-0.39, 0.29) is 24.0 Å². The number of nitrogens with zero attached hydrogens (tertiary/aromatic N) is 1. The molecule has 6 nitrogen and oxygen atoms in total. The SMILES string of the molecule is CN=C(NCCCc1cccc(OC)c1)Nc1cccc(OCCCOC)c1.I. The number of aryl methyl sites for hydroxylation is 1. The lowest BCUT2D eigenvalue weighted by Gasteiger charge is -2.13. The Morgan fingerprint density at radius 3 is 2.52 bits per heavy atom. The van der Waals surface area contributed by atoms with Crippen LogP contribution in [0.1, 0.15) is 18.4 Å². The van der Waals surface area contributed by atoms with Gasteiger partial charge in [-0.05, 0) is 42.7 Å². The number of benzene rings is 2. The molecule has 2 N–H and O–H groups in total. The van der Waals surface area contributed by atoms with Crippen molar-refractivity contribution in [1.29, 1.82) is 0 Å². The predicted octanol–water partition coefficient (Wildman–Crippen LogP) is 4.35. The van der Waals surface area contributed by atoms with Crippen LogP contribution >= 0.6 is 24.0 Å². The molecule has 0 aromatic heterocycles. The maximum atomic E-state index is 5.74. The van der Waals surface area contributed by atoms with Crippen molar-refractivity contribution < 1.29 is 14.2 Å². The smallest absolute Gasteiger partial charge is 0.195 e. The second-order valence-electron chi connectivity index (χ2n) is 6.30. The summed E-state index contributed by atoms with van der Waals surface area (Å²) in [6.07, 6.45) is 2.84. The average molecular weight is 513 g/mol. The summed E-state index contributed by atoms with van der Waals surface area (Å²) in [5.41, 5.74) is 2.20. The number of ether oxygens (including phenoxy) is 3. The lowest BCUT2D eigenvalue weighted by molar-refractivity contribution is 0.172. The molecular weight excluding hydrogens is 481 g/mol. The first-order valence-electron chi connectivity index (χ1n) is 9.57. The van der Waals surface area contributed by atoms with Crippen molar-refractivity contribution in [3.63, 3.8) is 0 Å². The fourth-order valence-electron chi connectivity index (χ4n) is 2.70. The Morgan fingerprint density at radius 2 is 1.76 bits per heavy atom. The normalized spacial score (nSPS) is 10.8. The fraction of sp³-hybridized carbons (Fsp3) is 0.409. The minimum absolute atomic E-state index is 0. The van der Waals surface area contributed by atoms with Crippen molar-refractivity contribution in [2.75, 3.05) is 46.3 Å². The Labute approximate surface area is 191 Å². The molecule has 0 heterocycles. The van der Waals surface area contributed by atoms with Gasteiger partial charge in [0.15, 0.2) is 5.96 Å². The molecule has 29 heavy (non-hydrogen) atoms. The van der Waals surface area contributed by atoms with Gasteiger partial charge in [0.1, 0.15) is 11.5 Å². The second kappa shape index (κ2) is 14.9. The summed E-state index contributed by atoms with van der Waals surface area (Å²) < 4.78 is 16.0. The van der Waals surface area contributed by atoms with Gasteiger partial charge in [-0.1, -0.05) is 18.2 Å². The number of nitrogens with one attached hydrogen (secondary N) is 2. The van der Waals surface area contributed by atoms with E-state index in [1.807, 2.05) is 36.4 Å². The third-order valence-corrected chi connectivity index (χ3v) is 4.15. The molecule has 0 saturated heterocycles. The van der Waals surface area contributed by atoms with Crippen LogP contribution in [-0.4, -0.2) is 47.0 Å². The third-order valence-electron chi connectivity index (χ3n) is 4.15. The summed E-state index contributed by atoms with van der Waals surface area (Å²) >= 11 is 0. The van der Waals surface area contributed by atoms with E-state index in [2.05, 4.69) is 27.8 Å².